The van der Waals surface area contributed by atoms with E-state index < -0.39 is 5.41 Å². The van der Waals surface area contributed by atoms with Crippen LogP contribution < -0.4 is 0 Å². The fourth-order valence-electron chi connectivity index (χ4n) is 2.00. The van der Waals surface area contributed by atoms with E-state index in [9.17, 15) is 4.79 Å². The van der Waals surface area contributed by atoms with E-state index in [-0.39, 0.29) is 11.4 Å². The zero-order valence-corrected chi connectivity index (χ0v) is 12.3. The average Bonchev–Trinajstić information content (AvgIpc) is 2.59. The summed E-state index contributed by atoms with van der Waals surface area (Å²) < 4.78 is 10.2. The predicted octanol–water partition coefficient (Wildman–Crippen LogP) is 2.19. The number of thiazole rings is 1. The lowest BCUT2D eigenvalue weighted by Gasteiger charge is -2.37. The first kappa shape index (κ1) is 13.5. The second kappa shape index (κ2) is 4.31. The van der Waals surface area contributed by atoms with Crippen LogP contribution in [0.15, 0.2) is 0 Å². The maximum Gasteiger partial charge on any atom is 0.321 e. The van der Waals surface area contributed by atoms with Crippen LogP contribution in [0.5, 0.6) is 0 Å². The lowest BCUT2D eigenvalue weighted by atomic mass is 9.83. The summed E-state index contributed by atoms with van der Waals surface area (Å²) in [5, 5.41) is 1.05. The molecule has 2 rings (SSSR count). The van der Waals surface area contributed by atoms with Crippen LogP contribution in [0, 0.1) is 6.92 Å². The molecule has 1 fully saturated rings. The minimum atomic E-state index is -0.625. The number of aryl methyl sites for hydroxylation is 1. The van der Waals surface area contributed by atoms with Crippen LogP contribution in [0.3, 0.4) is 0 Å². The predicted molar refractivity (Wildman–Crippen MR) is 70.1 cm³/mol. The monoisotopic (exact) mass is 269 g/mol. The Morgan fingerprint density at radius 1 is 1.44 bits per heavy atom. The molecule has 18 heavy (non-hydrogen) atoms. The lowest BCUT2D eigenvalue weighted by Crippen LogP contribution is -2.53. The van der Waals surface area contributed by atoms with Crippen molar-refractivity contribution in [3.05, 3.63) is 15.6 Å². The van der Waals surface area contributed by atoms with Gasteiger partial charge in [0.2, 0.25) is 0 Å². The first-order chi connectivity index (χ1) is 8.31. The number of carbonyl (C=O) groups is 1. The number of rotatable bonds is 2. The maximum atomic E-state index is 12.0. The number of hydrogen-bond donors (Lipinski definition) is 0. The highest BCUT2D eigenvalue weighted by Crippen LogP contribution is 2.41. The van der Waals surface area contributed by atoms with Gasteiger partial charge in [-0.3, -0.25) is 4.79 Å². The molecule has 1 aliphatic rings. The van der Waals surface area contributed by atoms with Gasteiger partial charge in [-0.15, -0.1) is 11.3 Å². The molecule has 0 unspecified atom stereocenters. The van der Waals surface area contributed by atoms with Gasteiger partial charge in [-0.1, -0.05) is 20.8 Å². The van der Waals surface area contributed by atoms with E-state index in [0.717, 1.165) is 15.6 Å². The van der Waals surface area contributed by atoms with Crippen LogP contribution in [-0.2, 0) is 25.1 Å². The molecule has 0 amide bonds. The maximum absolute atomic E-state index is 12.0. The van der Waals surface area contributed by atoms with E-state index in [1.807, 2.05) is 6.92 Å². The van der Waals surface area contributed by atoms with E-state index in [0.29, 0.717) is 13.2 Å². The molecule has 4 nitrogen and oxygen atoms in total. The Morgan fingerprint density at radius 3 is 2.39 bits per heavy atom. The normalized spacial score (nSPS) is 18.3. The SMILES string of the molecule is COC(=O)C1(c2sc(C(C)(C)C)nc2C)COC1. The molecule has 100 valence electrons. The van der Waals surface area contributed by atoms with Crippen molar-refractivity contribution in [1.82, 2.24) is 4.98 Å². The van der Waals surface area contributed by atoms with Crippen LogP contribution in [-0.4, -0.2) is 31.3 Å². The Hall–Kier alpha value is -0.940. The summed E-state index contributed by atoms with van der Waals surface area (Å²) in [6, 6.07) is 0. The molecule has 1 aromatic heterocycles. The number of esters is 1. The Kier molecular flexibility index (Phi) is 3.23. The second-order valence-electron chi connectivity index (χ2n) is 5.75. The standard InChI is InChI=1S/C13H19NO3S/c1-8-9(18-10(14-8)12(2,3)4)13(6-17-7-13)11(15)16-5/h6-7H2,1-5H3. The first-order valence-electron chi connectivity index (χ1n) is 5.96. The third kappa shape index (κ3) is 1.95. The van der Waals surface area contributed by atoms with Gasteiger partial charge >= 0.3 is 5.97 Å². The topological polar surface area (TPSA) is 48.4 Å². The average molecular weight is 269 g/mol. The largest absolute Gasteiger partial charge is 0.468 e. The molecule has 0 spiro atoms. The van der Waals surface area contributed by atoms with Crippen molar-refractivity contribution in [2.45, 2.75) is 38.5 Å². The molecule has 0 atom stereocenters. The van der Waals surface area contributed by atoms with E-state index in [2.05, 4.69) is 25.8 Å². The fraction of sp³-hybridized carbons (Fsp3) is 0.692. The van der Waals surface area contributed by atoms with E-state index in [1.165, 1.54) is 7.11 Å². The first-order valence-corrected chi connectivity index (χ1v) is 6.77. The van der Waals surface area contributed by atoms with Crippen molar-refractivity contribution in [3.8, 4) is 0 Å². The highest BCUT2D eigenvalue weighted by atomic mass is 32.1. The molecule has 1 aliphatic heterocycles. The number of carbonyl (C=O) groups excluding carboxylic acids is 1. The smallest absolute Gasteiger partial charge is 0.321 e. The zero-order valence-electron chi connectivity index (χ0n) is 11.5. The Labute approximate surface area is 111 Å². The van der Waals surface area contributed by atoms with Crippen LogP contribution in [0.25, 0.3) is 0 Å². The second-order valence-corrected chi connectivity index (χ2v) is 6.75. The van der Waals surface area contributed by atoms with Gasteiger partial charge in [0.25, 0.3) is 0 Å². The lowest BCUT2D eigenvalue weighted by molar-refractivity contribution is -0.166. The minimum absolute atomic E-state index is 0.00437. The zero-order chi connectivity index (χ0) is 13.6. The van der Waals surface area contributed by atoms with Crippen LogP contribution >= 0.6 is 11.3 Å². The van der Waals surface area contributed by atoms with Gasteiger partial charge in [-0.05, 0) is 6.92 Å². The summed E-state index contributed by atoms with van der Waals surface area (Å²) in [6.07, 6.45) is 0. The van der Waals surface area contributed by atoms with E-state index in [1.54, 1.807) is 11.3 Å². The van der Waals surface area contributed by atoms with Gasteiger partial charge in [0.15, 0.2) is 5.41 Å². The molecule has 0 radical (unpaired) electrons. The van der Waals surface area contributed by atoms with Gasteiger partial charge in [-0.25, -0.2) is 4.98 Å². The third-order valence-electron chi connectivity index (χ3n) is 3.15. The minimum Gasteiger partial charge on any atom is -0.468 e. The molecule has 0 aliphatic carbocycles. The molecular formula is C13H19NO3S. The molecule has 0 saturated carbocycles. The highest BCUT2D eigenvalue weighted by Gasteiger charge is 2.51. The summed E-state index contributed by atoms with van der Waals surface area (Å²) in [4.78, 5) is 17.6. The quantitative estimate of drug-likeness (QED) is 0.772. The third-order valence-corrected chi connectivity index (χ3v) is 4.93. The van der Waals surface area contributed by atoms with Crippen LogP contribution in [0.4, 0.5) is 0 Å². The fourth-order valence-corrected chi connectivity index (χ4v) is 3.28. The molecule has 1 saturated heterocycles. The van der Waals surface area contributed by atoms with E-state index >= 15 is 0 Å². The molecule has 0 aromatic carbocycles. The summed E-state index contributed by atoms with van der Waals surface area (Å²) >= 11 is 1.60. The number of nitrogens with zero attached hydrogens (tertiary/aromatic N) is 1. The molecule has 2 heterocycles. The van der Waals surface area contributed by atoms with Crippen LogP contribution in [0.2, 0.25) is 0 Å². The highest BCUT2D eigenvalue weighted by molar-refractivity contribution is 7.12. The Morgan fingerprint density at radius 2 is 2.06 bits per heavy atom. The number of aromatic nitrogens is 1. The van der Waals surface area contributed by atoms with Gasteiger partial charge in [0, 0.05) is 10.3 Å². The van der Waals surface area contributed by atoms with Crippen molar-refractivity contribution >= 4 is 17.3 Å². The summed E-state index contributed by atoms with van der Waals surface area (Å²) in [7, 11) is 1.42. The molecule has 5 heteroatoms. The van der Waals surface area contributed by atoms with E-state index in [4.69, 9.17) is 9.47 Å². The van der Waals surface area contributed by atoms with Crippen molar-refractivity contribution in [3.63, 3.8) is 0 Å². The number of methoxy groups -OCH3 is 1. The van der Waals surface area contributed by atoms with Gasteiger partial charge in [0.1, 0.15) is 0 Å². The number of hydrogen-bond acceptors (Lipinski definition) is 5. The summed E-state index contributed by atoms with van der Waals surface area (Å²) in [6.45, 7) is 9.11. The van der Waals surface area contributed by atoms with Gasteiger partial charge in [0.05, 0.1) is 31.0 Å². The molecule has 0 N–H and O–H groups in total. The van der Waals surface area contributed by atoms with Crippen molar-refractivity contribution in [2.75, 3.05) is 20.3 Å². The summed E-state index contributed by atoms with van der Waals surface area (Å²) in [5.41, 5.74) is 0.286. The molecule has 0 bridgehead atoms. The Bertz CT molecular complexity index is 469. The van der Waals surface area contributed by atoms with Gasteiger partial charge in [-0.2, -0.15) is 0 Å². The molecule has 1 aromatic rings. The van der Waals surface area contributed by atoms with Crippen molar-refractivity contribution in [1.29, 1.82) is 0 Å². The summed E-state index contributed by atoms with van der Waals surface area (Å²) in [5.74, 6) is -0.221. The van der Waals surface area contributed by atoms with Gasteiger partial charge < -0.3 is 9.47 Å². The number of ether oxygens (including phenoxy) is 2. The van der Waals surface area contributed by atoms with Crippen molar-refractivity contribution < 1.29 is 14.3 Å². The van der Waals surface area contributed by atoms with Crippen LogP contribution in [0.1, 0.15) is 36.3 Å². The Balaban J connectivity index is 2.44. The van der Waals surface area contributed by atoms with Crippen molar-refractivity contribution in [2.24, 2.45) is 0 Å². The molecular weight excluding hydrogens is 250 g/mol.